The minimum Gasteiger partial charge on any atom is -0.380 e. The molecule has 0 unspecified atom stereocenters. The summed E-state index contributed by atoms with van der Waals surface area (Å²) in [7, 11) is 2.16. The van der Waals surface area contributed by atoms with E-state index in [0.29, 0.717) is 0 Å². The van der Waals surface area contributed by atoms with E-state index < -0.39 is 0 Å². The SMILES string of the molecule is C=CCCCCN(C)CCOCCC. The number of unbranched alkanes of at least 4 members (excludes halogenated alkanes) is 2. The maximum Gasteiger partial charge on any atom is 0.0593 e. The van der Waals surface area contributed by atoms with Crippen LogP contribution in [0.3, 0.4) is 0 Å². The van der Waals surface area contributed by atoms with Gasteiger partial charge in [0.05, 0.1) is 6.61 Å². The van der Waals surface area contributed by atoms with Crippen LogP contribution in [0.1, 0.15) is 32.6 Å². The maximum atomic E-state index is 5.42. The van der Waals surface area contributed by atoms with E-state index >= 15 is 0 Å². The zero-order valence-corrected chi connectivity index (χ0v) is 9.80. The molecule has 0 aliphatic carbocycles. The Labute approximate surface area is 88.9 Å². The second-order valence-electron chi connectivity index (χ2n) is 3.70. The van der Waals surface area contributed by atoms with Crippen LogP contribution in [-0.2, 0) is 4.74 Å². The van der Waals surface area contributed by atoms with Crippen molar-refractivity contribution in [2.75, 3.05) is 33.4 Å². The molecule has 0 heterocycles. The maximum absolute atomic E-state index is 5.42. The largest absolute Gasteiger partial charge is 0.380 e. The van der Waals surface area contributed by atoms with Crippen LogP contribution in [0.15, 0.2) is 12.7 Å². The zero-order chi connectivity index (χ0) is 10.6. The van der Waals surface area contributed by atoms with Gasteiger partial charge in [0.2, 0.25) is 0 Å². The number of allylic oxidation sites excluding steroid dienone is 1. The Kier molecular flexibility index (Phi) is 10.5. The highest BCUT2D eigenvalue weighted by Gasteiger charge is 1.96. The van der Waals surface area contributed by atoms with Gasteiger partial charge in [-0.05, 0) is 39.3 Å². The normalized spacial score (nSPS) is 10.8. The molecule has 0 atom stereocenters. The average Bonchev–Trinajstić information content (AvgIpc) is 2.19. The lowest BCUT2D eigenvalue weighted by Gasteiger charge is -2.15. The summed E-state index contributed by atoms with van der Waals surface area (Å²) < 4.78 is 5.42. The van der Waals surface area contributed by atoms with Crippen LogP contribution in [0.2, 0.25) is 0 Å². The van der Waals surface area contributed by atoms with Crippen molar-refractivity contribution in [1.29, 1.82) is 0 Å². The van der Waals surface area contributed by atoms with Gasteiger partial charge in [0.1, 0.15) is 0 Å². The summed E-state index contributed by atoms with van der Waals surface area (Å²) in [5.74, 6) is 0. The van der Waals surface area contributed by atoms with Gasteiger partial charge in [-0.3, -0.25) is 0 Å². The van der Waals surface area contributed by atoms with E-state index in [-0.39, 0.29) is 0 Å². The van der Waals surface area contributed by atoms with E-state index in [1.807, 2.05) is 6.08 Å². The van der Waals surface area contributed by atoms with Crippen LogP contribution < -0.4 is 0 Å². The molecule has 2 nitrogen and oxygen atoms in total. The van der Waals surface area contributed by atoms with Crippen molar-refractivity contribution in [1.82, 2.24) is 4.90 Å². The molecule has 0 aliphatic rings. The number of hydrogen-bond acceptors (Lipinski definition) is 2. The molecule has 0 aliphatic heterocycles. The van der Waals surface area contributed by atoms with Gasteiger partial charge < -0.3 is 9.64 Å². The van der Waals surface area contributed by atoms with Crippen LogP contribution in [0.4, 0.5) is 0 Å². The van der Waals surface area contributed by atoms with Crippen LogP contribution in [0.5, 0.6) is 0 Å². The quantitative estimate of drug-likeness (QED) is 0.396. The van der Waals surface area contributed by atoms with Crippen molar-refractivity contribution < 1.29 is 4.74 Å². The Morgan fingerprint density at radius 3 is 2.64 bits per heavy atom. The van der Waals surface area contributed by atoms with E-state index in [0.717, 1.165) is 32.6 Å². The van der Waals surface area contributed by atoms with E-state index in [4.69, 9.17) is 4.74 Å². The predicted molar refractivity (Wildman–Crippen MR) is 62.7 cm³/mol. The van der Waals surface area contributed by atoms with Gasteiger partial charge in [0.15, 0.2) is 0 Å². The minimum atomic E-state index is 0.867. The van der Waals surface area contributed by atoms with E-state index in [9.17, 15) is 0 Å². The predicted octanol–water partition coefficient (Wildman–Crippen LogP) is 2.70. The molecule has 0 bridgehead atoms. The van der Waals surface area contributed by atoms with Crippen molar-refractivity contribution in [2.45, 2.75) is 32.6 Å². The van der Waals surface area contributed by atoms with Gasteiger partial charge in [-0.25, -0.2) is 0 Å². The standard InChI is InChI=1S/C12H25NO/c1-4-6-7-8-9-13(3)10-12-14-11-5-2/h4H,1,5-12H2,2-3H3. The summed E-state index contributed by atoms with van der Waals surface area (Å²) in [6.45, 7) is 9.83. The van der Waals surface area contributed by atoms with Gasteiger partial charge in [0.25, 0.3) is 0 Å². The van der Waals surface area contributed by atoms with Crippen molar-refractivity contribution in [3.05, 3.63) is 12.7 Å². The Morgan fingerprint density at radius 1 is 1.21 bits per heavy atom. The van der Waals surface area contributed by atoms with Gasteiger partial charge in [-0.15, -0.1) is 6.58 Å². The summed E-state index contributed by atoms with van der Waals surface area (Å²) in [4.78, 5) is 2.33. The first-order valence-electron chi connectivity index (χ1n) is 5.68. The van der Waals surface area contributed by atoms with Crippen LogP contribution in [0, 0.1) is 0 Å². The second kappa shape index (κ2) is 10.7. The fourth-order valence-corrected chi connectivity index (χ4v) is 1.25. The fourth-order valence-electron chi connectivity index (χ4n) is 1.25. The lowest BCUT2D eigenvalue weighted by atomic mass is 10.2. The molecule has 0 fully saturated rings. The first-order chi connectivity index (χ1) is 6.81. The van der Waals surface area contributed by atoms with Crippen LogP contribution in [0.25, 0.3) is 0 Å². The average molecular weight is 199 g/mol. The molecule has 84 valence electrons. The van der Waals surface area contributed by atoms with Crippen molar-refractivity contribution in [3.63, 3.8) is 0 Å². The molecule has 0 rings (SSSR count). The van der Waals surface area contributed by atoms with Crippen LogP contribution in [-0.4, -0.2) is 38.3 Å². The molecule has 0 saturated carbocycles. The number of likely N-dealkylation sites (N-methyl/N-ethyl adjacent to an activating group) is 1. The molecule has 0 aromatic heterocycles. The third-order valence-electron chi connectivity index (χ3n) is 2.16. The summed E-state index contributed by atoms with van der Waals surface area (Å²) in [5, 5.41) is 0. The highest BCUT2D eigenvalue weighted by atomic mass is 16.5. The summed E-state index contributed by atoms with van der Waals surface area (Å²) in [6.07, 6.45) is 6.76. The summed E-state index contributed by atoms with van der Waals surface area (Å²) in [5.41, 5.74) is 0. The lowest BCUT2D eigenvalue weighted by Crippen LogP contribution is -2.24. The first-order valence-corrected chi connectivity index (χ1v) is 5.68. The topological polar surface area (TPSA) is 12.5 Å². The molecule has 0 radical (unpaired) electrons. The Balaban J connectivity index is 3.10. The molecule has 2 heteroatoms. The van der Waals surface area contributed by atoms with Gasteiger partial charge in [-0.2, -0.15) is 0 Å². The molecular weight excluding hydrogens is 174 g/mol. The lowest BCUT2D eigenvalue weighted by molar-refractivity contribution is 0.111. The molecule has 14 heavy (non-hydrogen) atoms. The summed E-state index contributed by atoms with van der Waals surface area (Å²) >= 11 is 0. The third kappa shape index (κ3) is 9.75. The highest BCUT2D eigenvalue weighted by Crippen LogP contribution is 1.97. The van der Waals surface area contributed by atoms with Crippen molar-refractivity contribution >= 4 is 0 Å². The van der Waals surface area contributed by atoms with E-state index in [2.05, 4.69) is 25.5 Å². The van der Waals surface area contributed by atoms with Crippen molar-refractivity contribution in [2.24, 2.45) is 0 Å². The smallest absolute Gasteiger partial charge is 0.0593 e. The molecular formula is C12H25NO. The Bertz CT molecular complexity index is 125. The molecule has 0 N–H and O–H groups in total. The number of rotatable bonds is 10. The van der Waals surface area contributed by atoms with Gasteiger partial charge >= 0.3 is 0 Å². The van der Waals surface area contributed by atoms with Gasteiger partial charge in [-0.1, -0.05) is 13.0 Å². The molecule has 0 aromatic carbocycles. The molecule has 0 amide bonds. The van der Waals surface area contributed by atoms with Crippen LogP contribution >= 0.6 is 0 Å². The van der Waals surface area contributed by atoms with E-state index in [1.165, 1.54) is 19.4 Å². The van der Waals surface area contributed by atoms with E-state index in [1.54, 1.807) is 0 Å². The second-order valence-corrected chi connectivity index (χ2v) is 3.70. The van der Waals surface area contributed by atoms with Gasteiger partial charge in [0, 0.05) is 13.2 Å². The highest BCUT2D eigenvalue weighted by molar-refractivity contribution is 4.66. The molecule has 0 spiro atoms. The van der Waals surface area contributed by atoms with Crippen molar-refractivity contribution in [3.8, 4) is 0 Å². The Hall–Kier alpha value is -0.340. The Morgan fingerprint density at radius 2 is 2.00 bits per heavy atom. The minimum absolute atomic E-state index is 0.867. The number of hydrogen-bond donors (Lipinski definition) is 0. The number of ether oxygens (including phenoxy) is 1. The molecule has 0 saturated heterocycles. The zero-order valence-electron chi connectivity index (χ0n) is 9.80. The first kappa shape index (κ1) is 13.7. The monoisotopic (exact) mass is 199 g/mol. The fraction of sp³-hybridized carbons (Fsp3) is 0.833. The number of nitrogens with zero attached hydrogens (tertiary/aromatic N) is 1. The molecule has 0 aromatic rings. The third-order valence-corrected chi connectivity index (χ3v) is 2.16. The summed E-state index contributed by atoms with van der Waals surface area (Å²) in [6, 6.07) is 0.